The molecule has 118 valence electrons. The van der Waals surface area contributed by atoms with Gasteiger partial charge in [-0.2, -0.15) is 0 Å². The molecule has 1 fully saturated rings. The molecule has 1 saturated heterocycles. The second-order valence-corrected chi connectivity index (χ2v) is 7.75. The van der Waals surface area contributed by atoms with Gasteiger partial charge in [-0.25, -0.2) is 0 Å². The SMILES string of the molecule is Cc1c2n(c3ccc(O)cc13)CCC(C)(C)C2N1CCCC1. The Morgan fingerprint density at radius 1 is 1.14 bits per heavy atom. The summed E-state index contributed by atoms with van der Waals surface area (Å²) in [4.78, 5) is 2.69. The summed E-state index contributed by atoms with van der Waals surface area (Å²) in [6.45, 7) is 10.6. The van der Waals surface area contributed by atoms with E-state index in [0.717, 1.165) is 6.54 Å². The Hall–Kier alpha value is -1.48. The molecule has 0 spiro atoms. The fourth-order valence-electron chi connectivity index (χ4n) is 4.70. The minimum atomic E-state index is 0.307. The largest absolute Gasteiger partial charge is 0.508 e. The number of aromatic hydroxyl groups is 1. The number of likely N-dealkylation sites (tertiary alicyclic amines) is 1. The van der Waals surface area contributed by atoms with E-state index >= 15 is 0 Å². The molecule has 2 aliphatic rings. The second kappa shape index (κ2) is 4.76. The number of phenolic OH excluding ortho intramolecular Hbond substituents is 1. The van der Waals surface area contributed by atoms with Gasteiger partial charge in [0.15, 0.2) is 0 Å². The van der Waals surface area contributed by atoms with E-state index in [1.54, 1.807) is 0 Å². The Labute approximate surface area is 132 Å². The van der Waals surface area contributed by atoms with Crippen LogP contribution < -0.4 is 0 Å². The van der Waals surface area contributed by atoms with Crippen molar-refractivity contribution in [2.24, 2.45) is 5.41 Å². The number of hydrogen-bond donors (Lipinski definition) is 1. The van der Waals surface area contributed by atoms with Crippen LogP contribution in [-0.2, 0) is 6.54 Å². The molecule has 4 rings (SSSR count). The summed E-state index contributed by atoms with van der Waals surface area (Å²) in [5.41, 5.74) is 4.43. The molecule has 1 N–H and O–H groups in total. The van der Waals surface area contributed by atoms with E-state index in [4.69, 9.17) is 0 Å². The average molecular weight is 298 g/mol. The quantitative estimate of drug-likeness (QED) is 0.853. The molecular formula is C19H26N2O. The molecule has 2 aliphatic heterocycles. The van der Waals surface area contributed by atoms with Crippen LogP contribution in [0.25, 0.3) is 10.9 Å². The van der Waals surface area contributed by atoms with Gasteiger partial charge in [0.25, 0.3) is 0 Å². The highest BCUT2D eigenvalue weighted by molar-refractivity contribution is 5.87. The number of aryl methyl sites for hydroxylation is 2. The van der Waals surface area contributed by atoms with E-state index in [9.17, 15) is 5.11 Å². The first-order valence-corrected chi connectivity index (χ1v) is 8.55. The fourth-order valence-corrected chi connectivity index (χ4v) is 4.70. The van der Waals surface area contributed by atoms with Crippen LogP contribution in [0.15, 0.2) is 18.2 Å². The summed E-state index contributed by atoms with van der Waals surface area (Å²) in [5, 5.41) is 11.1. The number of hydrogen-bond acceptors (Lipinski definition) is 2. The van der Waals surface area contributed by atoms with Crippen LogP contribution in [0.2, 0.25) is 0 Å². The van der Waals surface area contributed by atoms with E-state index < -0.39 is 0 Å². The molecule has 3 heteroatoms. The average Bonchev–Trinajstić information content (AvgIpc) is 3.07. The van der Waals surface area contributed by atoms with Crippen LogP contribution in [0.1, 0.15) is 50.4 Å². The van der Waals surface area contributed by atoms with E-state index in [0.29, 0.717) is 17.2 Å². The lowest BCUT2D eigenvalue weighted by Crippen LogP contribution is -2.41. The van der Waals surface area contributed by atoms with Crippen LogP contribution in [0.4, 0.5) is 0 Å². The van der Waals surface area contributed by atoms with Crippen molar-refractivity contribution in [2.75, 3.05) is 13.1 Å². The minimum absolute atomic E-state index is 0.307. The standard InChI is InChI=1S/C19H26N2O/c1-13-15-12-14(22)6-7-16(15)21-11-8-19(2,3)18(17(13)21)20-9-4-5-10-20/h6-7,12,18,22H,4-5,8-11H2,1-3H3. The Morgan fingerprint density at radius 3 is 2.59 bits per heavy atom. The van der Waals surface area contributed by atoms with E-state index in [1.165, 1.54) is 54.5 Å². The molecule has 1 aromatic heterocycles. The van der Waals surface area contributed by atoms with Crippen molar-refractivity contribution >= 4 is 10.9 Å². The third-order valence-corrected chi connectivity index (χ3v) is 5.83. The van der Waals surface area contributed by atoms with Gasteiger partial charge in [0.2, 0.25) is 0 Å². The van der Waals surface area contributed by atoms with Crippen LogP contribution >= 0.6 is 0 Å². The molecule has 1 unspecified atom stereocenters. The summed E-state index contributed by atoms with van der Waals surface area (Å²) >= 11 is 0. The van der Waals surface area contributed by atoms with Gasteiger partial charge in [-0.15, -0.1) is 0 Å². The zero-order valence-corrected chi connectivity index (χ0v) is 13.9. The molecule has 0 bridgehead atoms. The van der Waals surface area contributed by atoms with Crippen molar-refractivity contribution < 1.29 is 5.11 Å². The molecule has 3 heterocycles. The zero-order chi connectivity index (χ0) is 15.5. The number of nitrogens with zero attached hydrogens (tertiary/aromatic N) is 2. The molecule has 0 amide bonds. The highest BCUT2D eigenvalue weighted by atomic mass is 16.3. The molecule has 0 radical (unpaired) electrons. The number of aromatic nitrogens is 1. The van der Waals surface area contributed by atoms with Crippen LogP contribution in [0.5, 0.6) is 5.75 Å². The van der Waals surface area contributed by atoms with Crippen LogP contribution in [0, 0.1) is 12.3 Å². The maximum absolute atomic E-state index is 9.88. The topological polar surface area (TPSA) is 28.4 Å². The Kier molecular flexibility index (Phi) is 3.06. The first-order chi connectivity index (χ1) is 10.5. The molecule has 1 aromatic carbocycles. The normalized spacial score (nSPS) is 24.8. The number of rotatable bonds is 1. The Balaban J connectivity index is 1.95. The Morgan fingerprint density at radius 2 is 1.86 bits per heavy atom. The number of phenols is 1. The summed E-state index contributed by atoms with van der Waals surface area (Å²) in [7, 11) is 0. The summed E-state index contributed by atoms with van der Waals surface area (Å²) in [6.07, 6.45) is 3.87. The van der Waals surface area contributed by atoms with Crippen molar-refractivity contribution in [1.82, 2.24) is 9.47 Å². The molecular weight excluding hydrogens is 272 g/mol. The van der Waals surface area contributed by atoms with Crippen molar-refractivity contribution in [1.29, 1.82) is 0 Å². The first kappa shape index (κ1) is 14.1. The number of fused-ring (bicyclic) bond motifs is 3. The minimum Gasteiger partial charge on any atom is -0.508 e. The van der Waals surface area contributed by atoms with Crippen molar-refractivity contribution in [3.8, 4) is 5.75 Å². The van der Waals surface area contributed by atoms with Crippen molar-refractivity contribution in [3.63, 3.8) is 0 Å². The maximum atomic E-state index is 9.88. The molecule has 3 nitrogen and oxygen atoms in total. The van der Waals surface area contributed by atoms with Gasteiger partial charge in [-0.05, 0) is 68.5 Å². The predicted octanol–water partition coefficient (Wildman–Crippen LogP) is 4.22. The third-order valence-electron chi connectivity index (χ3n) is 5.83. The van der Waals surface area contributed by atoms with Gasteiger partial charge >= 0.3 is 0 Å². The van der Waals surface area contributed by atoms with Gasteiger partial charge < -0.3 is 9.67 Å². The molecule has 0 aliphatic carbocycles. The fraction of sp³-hybridized carbons (Fsp3) is 0.579. The molecule has 1 atom stereocenters. The number of benzene rings is 1. The lowest BCUT2D eigenvalue weighted by Gasteiger charge is -2.45. The Bertz CT molecular complexity index is 723. The second-order valence-electron chi connectivity index (χ2n) is 7.75. The molecule has 0 saturated carbocycles. The van der Waals surface area contributed by atoms with Crippen LogP contribution in [-0.4, -0.2) is 27.7 Å². The highest BCUT2D eigenvalue weighted by Gasteiger charge is 2.42. The first-order valence-electron chi connectivity index (χ1n) is 8.55. The van der Waals surface area contributed by atoms with Gasteiger partial charge in [0, 0.05) is 23.1 Å². The van der Waals surface area contributed by atoms with Gasteiger partial charge in [-0.3, -0.25) is 4.90 Å². The van der Waals surface area contributed by atoms with E-state index in [2.05, 4.69) is 36.3 Å². The monoisotopic (exact) mass is 298 g/mol. The van der Waals surface area contributed by atoms with Gasteiger partial charge in [0.05, 0.1) is 6.04 Å². The van der Waals surface area contributed by atoms with Crippen molar-refractivity contribution in [2.45, 2.75) is 52.6 Å². The molecule has 2 aromatic rings. The summed E-state index contributed by atoms with van der Waals surface area (Å²) in [5.74, 6) is 0.371. The van der Waals surface area contributed by atoms with E-state index in [-0.39, 0.29) is 0 Å². The highest BCUT2D eigenvalue weighted by Crippen LogP contribution is 2.49. The summed E-state index contributed by atoms with van der Waals surface area (Å²) in [6, 6.07) is 6.34. The molecule has 22 heavy (non-hydrogen) atoms. The predicted molar refractivity (Wildman–Crippen MR) is 90.3 cm³/mol. The van der Waals surface area contributed by atoms with Crippen LogP contribution in [0.3, 0.4) is 0 Å². The smallest absolute Gasteiger partial charge is 0.116 e. The lowest BCUT2D eigenvalue weighted by molar-refractivity contribution is 0.0729. The van der Waals surface area contributed by atoms with E-state index in [1.807, 2.05) is 12.1 Å². The van der Waals surface area contributed by atoms with Gasteiger partial charge in [0.1, 0.15) is 5.75 Å². The van der Waals surface area contributed by atoms with Gasteiger partial charge in [-0.1, -0.05) is 13.8 Å². The zero-order valence-electron chi connectivity index (χ0n) is 13.9. The van der Waals surface area contributed by atoms with Crippen molar-refractivity contribution in [3.05, 3.63) is 29.5 Å². The third kappa shape index (κ3) is 1.91. The summed E-state index contributed by atoms with van der Waals surface area (Å²) < 4.78 is 2.51. The maximum Gasteiger partial charge on any atom is 0.116 e. The lowest BCUT2D eigenvalue weighted by atomic mass is 9.75.